The van der Waals surface area contributed by atoms with Crippen LogP contribution in [0.3, 0.4) is 0 Å². The zero-order chi connectivity index (χ0) is 17.8. The molecule has 0 aliphatic heterocycles. The number of hydrogen-bond acceptors (Lipinski definition) is 2. The van der Waals surface area contributed by atoms with Crippen LogP contribution >= 0.6 is 0 Å². The monoisotopic (exact) mass is 344 g/mol. The van der Waals surface area contributed by atoms with E-state index in [4.69, 9.17) is 0 Å². The first-order valence-corrected chi connectivity index (χ1v) is 9.15. The molecule has 0 saturated heterocycles. The lowest BCUT2D eigenvalue weighted by atomic mass is 9.95. The summed E-state index contributed by atoms with van der Waals surface area (Å²) in [6, 6.07) is 11.8. The highest BCUT2D eigenvalue weighted by molar-refractivity contribution is 5.96. The Morgan fingerprint density at radius 2 is 2.12 bits per heavy atom. The van der Waals surface area contributed by atoms with Gasteiger partial charge in [0.1, 0.15) is 5.65 Å². The van der Waals surface area contributed by atoms with Crippen LogP contribution in [0, 0.1) is 5.92 Å². The molecule has 5 rings (SSSR count). The molecule has 1 saturated carbocycles. The Morgan fingerprint density at radius 1 is 1.27 bits per heavy atom. The Morgan fingerprint density at radius 3 is 2.88 bits per heavy atom. The van der Waals surface area contributed by atoms with E-state index in [9.17, 15) is 9.90 Å². The fourth-order valence-electron chi connectivity index (χ4n) is 4.05. The minimum absolute atomic E-state index is 0.245. The number of aromatic carboxylic acids is 1. The number of rotatable bonds is 4. The van der Waals surface area contributed by atoms with E-state index in [0.717, 1.165) is 23.7 Å². The highest BCUT2D eigenvalue weighted by Crippen LogP contribution is 2.44. The van der Waals surface area contributed by atoms with Gasteiger partial charge in [-0.3, -0.25) is 0 Å². The number of fused-ring (bicyclic) bond motifs is 2. The van der Waals surface area contributed by atoms with E-state index in [-0.39, 0.29) is 5.92 Å². The van der Waals surface area contributed by atoms with Gasteiger partial charge < -0.3 is 9.67 Å². The van der Waals surface area contributed by atoms with Crippen LogP contribution in [0.25, 0.3) is 22.7 Å². The molecule has 0 spiro atoms. The molecule has 2 aromatic heterocycles. The van der Waals surface area contributed by atoms with Gasteiger partial charge in [0.15, 0.2) is 0 Å². The Balaban J connectivity index is 1.65. The van der Waals surface area contributed by atoms with Crippen molar-refractivity contribution < 1.29 is 9.90 Å². The molecule has 0 radical (unpaired) electrons. The van der Waals surface area contributed by atoms with E-state index >= 15 is 0 Å². The summed E-state index contributed by atoms with van der Waals surface area (Å²) in [5, 5.41) is 10.4. The maximum absolute atomic E-state index is 11.3. The highest BCUT2D eigenvalue weighted by atomic mass is 16.4. The third-order valence-electron chi connectivity index (χ3n) is 5.67. The number of carboxylic acids is 1. The van der Waals surface area contributed by atoms with Crippen LogP contribution in [0.15, 0.2) is 42.6 Å². The van der Waals surface area contributed by atoms with Gasteiger partial charge in [0.25, 0.3) is 0 Å². The maximum Gasteiger partial charge on any atom is 0.335 e. The summed E-state index contributed by atoms with van der Waals surface area (Å²) in [7, 11) is 0. The van der Waals surface area contributed by atoms with Crippen LogP contribution in [0.1, 0.15) is 52.9 Å². The first kappa shape index (κ1) is 15.4. The third-order valence-corrected chi connectivity index (χ3v) is 5.67. The maximum atomic E-state index is 11.3. The molecule has 1 fully saturated rings. The molecule has 0 bridgehead atoms. The molecule has 4 nitrogen and oxygen atoms in total. The van der Waals surface area contributed by atoms with Crippen molar-refractivity contribution in [2.24, 2.45) is 5.92 Å². The molecule has 2 heterocycles. The zero-order valence-corrected chi connectivity index (χ0v) is 14.6. The molecule has 0 amide bonds. The second-order valence-electron chi connectivity index (χ2n) is 7.47. The number of pyridine rings is 1. The average molecular weight is 344 g/mol. The molecule has 1 atom stereocenters. The van der Waals surface area contributed by atoms with Crippen LogP contribution < -0.4 is 0 Å². The smallest absolute Gasteiger partial charge is 0.335 e. The fraction of sp³-hybridized carbons (Fsp3) is 0.273. The Labute approximate surface area is 151 Å². The van der Waals surface area contributed by atoms with Gasteiger partial charge in [-0.1, -0.05) is 13.0 Å². The molecular formula is C22H20N2O2. The number of aromatic nitrogens is 2. The number of hydrogen-bond donors (Lipinski definition) is 1. The standard InChI is InChI=1S/C22H20N2O2/c1-13-18-7-6-16(22(25)26)9-17(18)10-19(13)20-11-15-3-2-8-23-21(15)24(20)12-14-4-5-14/h2-3,6-11,13-14H,4-5,12H2,1H3,(H,25,26). The molecule has 26 heavy (non-hydrogen) atoms. The van der Waals surface area contributed by atoms with Gasteiger partial charge >= 0.3 is 5.97 Å². The first-order valence-electron chi connectivity index (χ1n) is 9.15. The molecule has 1 aromatic carbocycles. The SMILES string of the molecule is CC1C(c2cc3cccnc3n2CC2CC2)=Cc2cc(C(=O)O)ccc21. The van der Waals surface area contributed by atoms with Crippen molar-refractivity contribution in [3.8, 4) is 0 Å². The van der Waals surface area contributed by atoms with Crippen LogP contribution in [0.5, 0.6) is 0 Å². The largest absolute Gasteiger partial charge is 0.478 e. The summed E-state index contributed by atoms with van der Waals surface area (Å²) in [5.74, 6) is 0.120. The predicted octanol–water partition coefficient (Wildman–Crippen LogP) is 4.80. The van der Waals surface area contributed by atoms with E-state index in [1.807, 2.05) is 18.3 Å². The second kappa shape index (κ2) is 5.56. The fourth-order valence-corrected chi connectivity index (χ4v) is 4.05. The van der Waals surface area contributed by atoms with Crippen LogP contribution in [-0.2, 0) is 6.54 Å². The predicted molar refractivity (Wildman–Crippen MR) is 102 cm³/mol. The number of carbonyl (C=O) groups is 1. The van der Waals surface area contributed by atoms with E-state index in [1.54, 1.807) is 12.1 Å². The summed E-state index contributed by atoms with van der Waals surface area (Å²) < 4.78 is 2.36. The summed E-state index contributed by atoms with van der Waals surface area (Å²) in [4.78, 5) is 15.9. The molecule has 2 aliphatic carbocycles. The van der Waals surface area contributed by atoms with Gasteiger partial charge in [-0.15, -0.1) is 0 Å². The van der Waals surface area contributed by atoms with Crippen molar-refractivity contribution in [3.63, 3.8) is 0 Å². The first-order chi connectivity index (χ1) is 12.6. The lowest BCUT2D eigenvalue weighted by Gasteiger charge is -2.15. The van der Waals surface area contributed by atoms with Crippen molar-refractivity contribution in [1.82, 2.24) is 9.55 Å². The summed E-state index contributed by atoms with van der Waals surface area (Å²) in [6.45, 7) is 3.21. The summed E-state index contributed by atoms with van der Waals surface area (Å²) >= 11 is 0. The quantitative estimate of drug-likeness (QED) is 0.739. The van der Waals surface area contributed by atoms with Crippen LogP contribution in [0.4, 0.5) is 0 Å². The summed E-state index contributed by atoms with van der Waals surface area (Å²) in [6.07, 6.45) is 6.60. The van der Waals surface area contributed by atoms with Crippen molar-refractivity contribution >= 4 is 28.7 Å². The van der Waals surface area contributed by atoms with Gasteiger partial charge in [0.05, 0.1) is 5.56 Å². The summed E-state index contributed by atoms with van der Waals surface area (Å²) in [5.41, 5.74) is 6.07. The highest BCUT2D eigenvalue weighted by Gasteiger charge is 2.29. The molecule has 2 aliphatic rings. The van der Waals surface area contributed by atoms with E-state index in [2.05, 4.69) is 34.7 Å². The Kier molecular flexibility index (Phi) is 3.29. The van der Waals surface area contributed by atoms with Gasteiger partial charge in [-0.05, 0) is 71.9 Å². The van der Waals surface area contributed by atoms with Gasteiger partial charge in [-0.2, -0.15) is 0 Å². The number of carboxylic acid groups (broad SMARTS) is 1. The lowest BCUT2D eigenvalue weighted by molar-refractivity contribution is 0.0697. The minimum Gasteiger partial charge on any atom is -0.478 e. The number of allylic oxidation sites excluding steroid dienone is 1. The van der Waals surface area contributed by atoms with Crippen molar-refractivity contribution in [2.45, 2.75) is 32.2 Å². The van der Waals surface area contributed by atoms with E-state index in [0.29, 0.717) is 5.56 Å². The van der Waals surface area contributed by atoms with Crippen molar-refractivity contribution in [2.75, 3.05) is 0 Å². The topological polar surface area (TPSA) is 55.1 Å². The van der Waals surface area contributed by atoms with Gasteiger partial charge in [0, 0.05) is 29.7 Å². The number of nitrogens with zero attached hydrogens (tertiary/aromatic N) is 2. The van der Waals surface area contributed by atoms with Crippen LogP contribution in [-0.4, -0.2) is 20.6 Å². The minimum atomic E-state index is -0.880. The average Bonchev–Trinajstić information content (AvgIpc) is 3.31. The van der Waals surface area contributed by atoms with Crippen molar-refractivity contribution in [3.05, 3.63) is 65.0 Å². The zero-order valence-electron chi connectivity index (χ0n) is 14.6. The third kappa shape index (κ3) is 2.37. The van der Waals surface area contributed by atoms with Gasteiger partial charge in [0.2, 0.25) is 0 Å². The molecule has 130 valence electrons. The molecular weight excluding hydrogens is 324 g/mol. The normalized spacial score (nSPS) is 18.8. The van der Waals surface area contributed by atoms with E-state index < -0.39 is 5.97 Å². The van der Waals surface area contributed by atoms with Gasteiger partial charge in [-0.25, -0.2) is 9.78 Å². The molecule has 4 heteroatoms. The van der Waals surface area contributed by atoms with E-state index in [1.165, 1.54) is 35.1 Å². The Bertz CT molecular complexity index is 1070. The second-order valence-corrected chi connectivity index (χ2v) is 7.47. The van der Waals surface area contributed by atoms with Crippen LogP contribution in [0.2, 0.25) is 0 Å². The van der Waals surface area contributed by atoms with Crippen molar-refractivity contribution in [1.29, 1.82) is 0 Å². The Hall–Kier alpha value is -2.88. The number of benzene rings is 1. The molecule has 3 aromatic rings. The lowest BCUT2D eigenvalue weighted by Crippen LogP contribution is -2.06. The molecule has 1 unspecified atom stereocenters. The molecule has 1 N–H and O–H groups in total.